The average Bonchev–Trinajstić information content (AvgIpc) is 2.99. The Morgan fingerprint density at radius 1 is 1.22 bits per heavy atom. The Balaban J connectivity index is 2.11. The number of nitrogens with zero attached hydrogens (tertiary/aromatic N) is 5. The highest BCUT2D eigenvalue weighted by Crippen LogP contribution is 2.35. The summed E-state index contributed by atoms with van der Waals surface area (Å²) in [4.78, 5) is 9.02. The van der Waals surface area contributed by atoms with Gasteiger partial charge in [0.25, 0.3) is 0 Å². The molecule has 0 saturated carbocycles. The average molecular weight is 415 g/mol. The molecule has 0 amide bonds. The van der Waals surface area contributed by atoms with Crippen LogP contribution in [0.2, 0.25) is 5.02 Å². The molecule has 3 aromatic rings. The summed E-state index contributed by atoms with van der Waals surface area (Å²) < 4.78 is 40.4. The molecule has 142 valence electrons. The summed E-state index contributed by atoms with van der Waals surface area (Å²) in [5.41, 5.74) is 5.51. The van der Waals surface area contributed by atoms with Gasteiger partial charge >= 0.3 is 6.18 Å². The Hall–Kier alpha value is -2.33. The van der Waals surface area contributed by atoms with E-state index in [1.165, 1.54) is 16.3 Å². The maximum Gasteiger partial charge on any atom is 0.416 e. The van der Waals surface area contributed by atoms with E-state index in [2.05, 4.69) is 20.2 Å². The van der Waals surface area contributed by atoms with Crippen LogP contribution < -0.4 is 5.73 Å². The molecule has 0 radical (unpaired) electrons. The zero-order valence-electron chi connectivity index (χ0n) is 14.3. The predicted molar refractivity (Wildman–Crippen MR) is 98.3 cm³/mol. The van der Waals surface area contributed by atoms with Gasteiger partial charge in [-0.2, -0.15) is 13.2 Å². The van der Waals surface area contributed by atoms with Crippen molar-refractivity contribution in [3.05, 3.63) is 35.0 Å². The van der Waals surface area contributed by atoms with E-state index in [0.717, 1.165) is 29.0 Å². The molecule has 0 fully saturated rings. The first-order valence-electron chi connectivity index (χ1n) is 7.74. The molecule has 6 nitrogen and oxygen atoms in total. The molecule has 0 atom stereocenters. The van der Waals surface area contributed by atoms with Crippen molar-refractivity contribution >= 4 is 29.2 Å². The lowest BCUT2D eigenvalue weighted by Crippen LogP contribution is -2.06. The van der Waals surface area contributed by atoms with Gasteiger partial charge in [0.15, 0.2) is 11.6 Å². The Morgan fingerprint density at radius 3 is 2.59 bits per heavy atom. The fourth-order valence-electron chi connectivity index (χ4n) is 2.40. The van der Waals surface area contributed by atoms with E-state index in [0.29, 0.717) is 16.5 Å². The molecule has 11 heteroatoms. The number of pyridine rings is 2. The first kappa shape index (κ1) is 19.4. The number of hydrogen-bond donors (Lipinski definition) is 1. The van der Waals surface area contributed by atoms with Crippen LogP contribution in [0.15, 0.2) is 29.3 Å². The van der Waals surface area contributed by atoms with E-state index in [1.807, 2.05) is 6.92 Å². The molecular formula is C16H14ClF3N6S. The first-order valence-corrected chi connectivity index (χ1v) is 9.11. The lowest BCUT2D eigenvalue weighted by molar-refractivity contribution is -0.137. The van der Waals surface area contributed by atoms with Crippen molar-refractivity contribution in [3.63, 3.8) is 0 Å². The number of nitrogens with two attached hydrogens (primary N) is 1. The normalized spacial score (nSPS) is 11.8. The van der Waals surface area contributed by atoms with Crippen molar-refractivity contribution in [1.82, 2.24) is 24.7 Å². The van der Waals surface area contributed by atoms with Gasteiger partial charge in [-0.3, -0.25) is 4.98 Å². The minimum Gasteiger partial charge on any atom is -0.382 e. The van der Waals surface area contributed by atoms with Crippen molar-refractivity contribution in [2.45, 2.75) is 18.0 Å². The van der Waals surface area contributed by atoms with E-state index in [4.69, 9.17) is 17.3 Å². The monoisotopic (exact) mass is 414 g/mol. The number of rotatable bonds is 4. The largest absolute Gasteiger partial charge is 0.416 e. The van der Waals surface area contributed by atoms with Crippen LogP contribution in [0.25, 0.3) is 23.0 Å². The molecule has 2 N–H and O–H groups in total. The summed E-state index contributed by atoms with van der Waals surface area (Å²) in [5.74, 6) is 1.42. The van der Waals surface area contributed by atoms with Crippen LogP contribution in [0, 0.1) is 0 Å². The number of anilines is 1. The second-order valence-corrected chi connectivity index (χ2v) is 7.18. The van der Waals surface area contributed by atoms with Gasteiger partial charge in [0.05, 0.1) is 10.6 Å². The number of halogens is 4. The second kappa shape index (κ2) is 7.35. The quantitative estimate of drug-likeness (QED) is 0.641. The molecular weight excluding hydrogens is 401 g/mol. The van der Waals surface area contributed by atoms with E-state index in [1.54, 1.807) is 13.1 Å². The van der Waals surface area contributed by atoms with Crippen LogP contribution in [-0.4, -0.2) is 30.5 Å². The summed E-state index contributed by atoms with van der Waals surface area (Å²) in [5, 5.41) is 8.40. The van der Waals surface area contributed by atoms with Gasteiger partial charge in [0, 0.05) is 18.1 Å². The van der Waals surface area contributed by atoms with Crippen LogP contribution in [0.1, 0.15) is 12.5 Å². The van der Waals surface area contributed by atoms with Gasteiger partial charge in [0.1, 0.15) is 17.2 Å². The van der Waals surface area contributed by atoms with Crippen molar-refractivity contribution in [3.8, 4) is 23.0 Å². The molecule has 0 bridgehead atoms. The topological polar surface area (TPSA) is 82.5 Å². The van der Waals surface area contributed by atoms with Crippen LogP contribution in [0.4, 0.5) is 19.0 Å². The van der Waals surface area contributed by atoms with Gasteiger partial charge in [0.2, 0.25) is 0 Å². The number of thioether (sulfide) groups is 1. The standard InChI is InChI=1S/C16H14ClF3N6S/c1-3-27-11-7-9(17)13(21)23-12(11)15-25-24-14(26(15)2)10-6-8(4-5-22-10)16(18,19)20/h4-7H,3H2,1-2H3,(H2,21,23). The minimum atomic E-state index is -4.48. The molecule has 0 unspecified atom stereocenters. The summed E-state index contributed by atoms with van der Waals surface area (Å²) >= 11 is 7.54. The molecule has 3 rings (SSSR count). The number of hydrogen-bond acceptors (Lipinski definition) is 6. The zero-order chi connectivity index (χ0) is 19.8. The van der Waals surface area contributed by atoms with Gasteiger partial charge in [-0.15, -0.1) is 22.0 Å². The SMILES string of the molecule is CCSc1cc(Cl)c(N)nc1-c1nnc(-c2cc(C(F)(F)F)ccn2)n1C. The van der Waals surface area contributed by atoms with E-state index >= 15 is 0 Å². The van der Waals surface area contributed by atoms with E-state index < -0.39 is 11.7 Å². The lowest BCUT2D eigenvalue weighted by Gasteiger charge is -2.10. The Kier molecular flexibility index (Phi) is 5.29. The summed E-state index contributed by atoms with van der Waals surface area (Å²) in [6.07, 6.45) is -3.39. The summed E-state index contributed by atoms with van der Waals surface area (Å²) in [6.45, 7) is 1.97. The van der Waals surface area contributed by atoms with Gasteiger partial charge in [-0.25, -0.2) is 4.98 Å². The molecule has 3 aromatic heterocycles. The molecule has 0 saturated heterocycles. The Labute approximate surface area is 162 Å². The highest BCUT2D eigenvalue weighted by Gasteiger charge is 2.31. The Bertz CT molecular complexity index is 989. The minimum absolute atomic E-state index is 0.0534. The van der Waals surface area contributed by atoms with Crippen LogP contribution in [0.3, 0.4) is 0 Å². The highest BCUT2D eigenvalue weighted by molar-refractivity contribution is 7.99. The van der Waals surface area contributed by atoms with Crippen molar-refractivity contribution in [2.24, 2.45) is 7.05 Å². The molecule has 27 heavy (non-hydrogen) atoms. The van der Waals surface area contributed by atoms with Crippen LogP contribution >= 0.6 is 23.4 Å². The van der Waals surface area contributed by atoms with Crippen molar-refractivity contribution in [2.75, 3.05) is 11.5 Å². The highest BCUT2D eigenvalue weighted by atomic mass is 35.5. The summed E-state index contributed by atoms with van der Waals surface area (Å²) in [6, 6.07) is 3.52. The molecule has 0 spiro atoms. The van der Waals surface area contributed by atoms with E-state index in [9.17, 15) is 13.2 Å². The third-order valence-corrected chi connectivity index (χ3v) is 4.88. The fraction of sp³-hybridized carbons (Fsp3) is 0.250. The van der Waals surface area contributed by atoms with Crippen molar-refractivity contribution < 1.29 is 13.2 Å². The lowest BCUT2D eigenvalue weighted by atomic mass is 10.2. The maximum atomic E-state index is 13.0. The number of nitrogen functional groups attached to an aromatic ring is 1. The molecule has 0 aliphatic rings. The zero-order valence-corrected chi connectivity index (χ0v) is 15.8. The molecule has 3 heterocycles. The van der Waals surface area contributed by atoms with Crippen LogP contribution in [-0.2, 0) is 13.2 Å². The fourth-order valence-corrected chi connectivity index (χ4v) is 3.40. The number of alkyl halides is 3. The maximum absolute atomic E-state index is 13.0. The summed E-state index contributed by atoms with van der Waals surface area (Å²) in [7, 11) is 1.62. The second-order valence-electron chi connectivity index (χ2n) is 5.47. The van der Waals surface area contributed by atoms with E-state index in [-0.39, 0.29) is 17.3 Å². The predicted octanol–water partition coefficient (Wildman–Crippen LogP) is 4.31. The third-order valence-electron chi connectivity index (χ3n) is 3.67. The van der Waals surface area contributed by atoms with Crippen LogP contribution in [0.5, 0.6) is 0 Å². The number of aromatic nitrogens is 5. The molecule has 0 aromatic carbocycles. The first-order chi connectivity index (χ1) is 12.7. The molecule has 0 aliphatic heterocycles. The van der Waals surface area contributed by atoms with Crippen molar-refractivity contribution in [1.29, 1.82) is 0 Å². The Morgan fingerprint density at radius 2 is 1.93 bits per heavy atom. The van der Waals surface area contributed by atoms with Gasteiger partial charge < -0.3 is 10.3 Å². The third kappa shape index (κ3) is 3.86. The van der Waals surface area contributed by atoms with Gasteiger partial charge in [-0.05, 0) is 24.0 Å². The molecule has 0 aliphatic carbocycles. The van der Waals surface area contributed by atoms with Gasteiger partial charge in [-0.1, -0.05) is 18.5 Å². The smallest absolute Gasteiger partial charge is 0.382 e.